The maximum atomic E-state index is 12.1. The molecule has 0 amide bonds. The van der Waals surface area contributed by atoms with E-state index >= 15 is 0 Å². The van der Waals surface area contributed by atoms with Crippen LogP contribution in [0.2, 0.25) is 15.1 Å². The van der Waals surface area contributed by atoms with Crippen LogP contribution in [0.1, 0.15) is 16.2 Å². The summed E-state index contributed by atoms with van der Waals surface area (Å²) in [6.07, 6.45) is 1.24. The fourth-order valence-corrected chi connectivity index (χ4v) is 3.29. The van der Waals surface area contributed by atoms with Gasteiger partial charge in [0.2, 0.25) is 0 Å². The third-order valence-electron chi connectivity index (χ3n) is 3.35. The Bertz CT molecular complexity index is 964. The molecule has 0 aliphatic carbocycles. The average molecular weight is 445 g/mol. The number of nitrogens with one attached hydrogen (secondary N) is 1. The Balaban J connectivity index is 1.60. The van der Waals surface area contributed by atoms with Gasteiger partial charge in [-0.1, -0.05) is 34.8 Å². The van der Waals surface area contributed by atoms with Crippen LogP contribution in [-0.4, -0.2) is 23.0 Å². The lowest BCUT2D eigenvalue weighted by Crippen LogP contribution is -2.08. The molecule has 6 nitrogen and oxygen atoms in total. The molecule has 0 aliphatic rings. The van der Waals surface area contributed by atoms with E-state index in [2.05, 4.69) is 15.3 Å². The fraction of sp³-hybridized carbons (Fsp3) is 0.118. The first-order valence-electron chi connectivity index (χ1n) is 7.50. The highest BCUT2D eigenvalue weighted by molar-refractivity contribution is 7.13. The number of halogens is 3. The fourth-order valence-electron chi connectivity index (χ4n) is 2.02. The predicted molar refractivity (Wildman–Crippen MR) is 107 cm³/mol. The second-order valence-corrected chi connectivity index (χ2v) is 7.18. The van der Waals surface area contributed by atoms with Crippen molar-refractivity contribution in [2.45, 2.75) is 6.61 Å². The summed E-state index contributed by atoms with van der Waals surface area (Å²) in [4.78, 5) is 20.4. The molecule has 0 aliphatic heterocycles. The summed E-state index contributed by atoms with van der Waals surface area (Å²) in [5, 5.41) is 5.78. The first kappa shape index (κ1) is 19.7. The van der Waals surface area contributed by atoms with E-state index in [-0.39, 0.29) is 27.4 Å². The lowest BCUT2D eigenvalue weighted by atomic mass is 10.3. The van der Waals surface area contributed by atoms with Crippen molar-refractivity contribution in [1.29, 1.82) is 0 Å². The third-order valence-corrected chi connectivity index (χ3v) is 5.40. The van der Waals surface area contributed by atoms with Gasteiger partial charge < -0.3 is 14.8 Å². The van der Waals surface area contributed by atoms with E-state index in [0.29, 0.717) is 10.8 Å². The number of thiazole rings is 1. The molecule has 140 valence electrons. The zero-order valence-electron chi connectivity index (χ0n) is 13.8. The minimum absolute atomic E-state index is 0.0299. The number of rotatable bonds is 6. The van der Waals surface area contributed by atoms with Gasteiger partial charge in [0.25, 0.3) is 0 Å². The maximum Gasteiger partial charge on any atom is 0.358 e. The zero-order chi connectivity index (χ0) is 19.4. The summed E-state index contributed by atoms with van der Waals surface area (Å²) >= 11 is 19.1. The Morgan fingerprint density at radius 3 is 2.63 bits per heavy atom. The van der Waals surface area contributed by atoms with Crippen LogP contribution in [0.3, 0.4) is 0 Å². The SMILES string of the molecule is COc1ccc(Nc2nc(COC(=O)c3ncc(Cl)c(Cl)c3Cl)cs2)cc1. The molecular weight excluding hydrogens is 433 g/mol. The van der Waals surface area contributed by atoms with Gasteiger partial charge in [-0.15, -0.1) is 11.3 Å². The van der Waals surface area contributed by atoms with E-state index < -0.39 is 5.97 Å². The molecule has 3 aromatic rings. The second kappa shape index (κ2) is 8.75. The largest absolute Gasteiger partial charge is 0.497 e. The van der Waals surface area contributed by atoms with E-state index in [1.165, 1.54) is 17.5 Å². The normalized spacial score (nSPS) is 10.5. The zero-order valence-corrected chi connectivity index (χ0v) is 16.9. The minimum Gasteiger partial charge on any atom is -0.497 e. The number of ether oxygens (including phenoxy) is 2. The van der Waals surface area contributed by atoms with Crippen LogP contribution in [0.4, 0.5) is 10.8 Å². The van der Waals surface area contributed by atoms with Gasteiger partial charge in [0.1, 0.15) is 12.4 Å². The number of benzene rings is 1. The second-order valence-electron chi connectivity index (χ2n) is 5.16. The molecule has 2 aromatic heterocycles. The highest BCUT2D eigenvalue weighted by atomic mass is 35.5. The van der Waals surface area contributed by atoms with Crippen LogP contribution in [0.15, 0.2) is 35.8 Å². The number of hydrogen-bond donors (Lipinski definition) is 1. The van der Waals surface area contributed by atoms with Crippen molar-refractivity contribution in [2.75, 3.05) is 12.4 Å². The first-order chi connectivity index (χ1) is 13.0. The molecule has 2 heterocycles. The third kappa shape index (κ3) is 4.81. The number of aromatic nitrogens is 2. The van der Waals surface area contributed by atoms with Gasteiger partial charge in [0, 0.05) is 17.3 Å². The van der Waals surface area contributed by atoms with Crippen LogP contribution < -0.4 is 10.1 Å². The number of methoxy groups -OCH3 is 1. The quantitative estimate of drug-likeness (QED) is 0.498. The van der Waals surface area contributed by atoms with E-state index in [4.69, 9.17) is 44.3 Å². The van der Waals surface area contributed by atoms with Gasteiger partial charge in [-0.2, -0.15) is 0 Å². The van der Waals surface area contributed by atoms with Gasteiger partial charge in [0.05, 0.1) is 27.9 Å². The van der Waals surface area contributed by atoms with Crippen LogP contribution in [-0.2, 0) is 11.3 Å². The number of carbonyl (C=O) groups excluding carboxylic acids is 1. The van der Waals surface area contributed by atoms with Crippen molar-refractivity contribution in [2.24, 2.45) is 0 Å². The van der Waals surface area contributed by atoms with Crippen LogP contribution in [0, 0.1) is 0 Å². The van der Waals surface area contributed by atoms with Crippen molar-refractivity contribution < 1.29 is 14.3 Å². The molecule has 0 unspecified atom stereocenters. The summed E-state index contributed by atoms with van der Waals surface area (Å²) in [6, 6.07) is 7.43. The minimum atomic E-state index is -0.712. The first-order valence-corrected chi connectivity index (χ1v) is 9.51. The number of carbonyl (C=O) groups is 1. The van der Waals surface area contributed by atoms with E-state index in [9.17, 15) is 4.79 Å². The predicted octanol–water partition coefficient (Wildman–Crippen LogP) is 5.61. The van der Waals surface area contributed by atoms with Crippen LogP contribution in [0.5, 0.6) is 5.75 Å². The maximum absolute atomic E-state index is 12.1. The molecule has 10 heteroatoms. The average Bonchev–Trinajstić information content (AvgIpc) is 3.12. The molecular formula is C17H12Cl3N3O3S. The summed E-state index contributed by atoms with van der Waals surface area (Å²) in [5.74, 6) is 0.0538. The van der Waals surface area contributed by atoms with Gasteiger partial charge in [-0.3, -0.25) is 0 Å². The molecule has 0 atom stereocenters. The highest BCUT2D eigenvalue weighted by Crippen LogP contribution is 2.31. The highest BCUT2D eigenvalue weighted by Gasteiger charge is 2.19. The molecule has 1 N–H and O–H groups in total. The molecule has 0 spiro atoms. The van der Waals surface area contributed by atoms with Crippen LogP contribution >= 0.6 is 46.1 Å². The molecule has 3 rings (SSSR count). The number of nitrogens with zero attached hydrogens (tertiary/aromatic N) is 2. The Morgan fingerprint density at radius 2 is 1.93 bits per heavy atom. The lowest BCUT2D eigenvalue weighted by molar-refractivity contribution is 0.0462. The number of hydrogen-bond acceptors (Lipinski definition) is 7. The van der Waals surface area contributed by atoms with Crippen molar-refractivity contribution in [3.05, 3.63) is 62.3 Å². The van der Waals surface area contributed by atoms with Crippen molar-refractivity contribution in [3.63, 3.8) is 0 Å². The number of pyridine rings is 1. The summed E-state index contributed by atoms with van der Waals surface area (Å²) < 4.78 is 10.3. The van der Waals surface area contributed by atoms with Crippen LogP contribution in [0.25, 0.3) is 0 Å². The standard InChI is InChI=1S/C17H12Cl3N3O3S/c1-25-11-4-2-9(3-5-11)22-17-23-10(8-27-17)7-26-16(24)15-14(20)13(19)12(18)6-21-15/h2-6,8H,7H2,1H3,(H,22,23). The van der Waals surface area contributed by atoms with E-state index in [1.807, 2.05) is 24.3 Å². The van der Waals surface area contributed by atoms with E-state index in [0.717, 1.165) is 11.4 Å². The van der Waals surface area contributed by atoms with Gasteiger partial charge in [-0.05, 0) is 24.3 Å². The van der Waals surface area contributed by atoms with Gasteiger partial charge in [0.15, 0.2) is 10.8 Å². The van der Waals surface area contributed by atoms with Crippen molar-refractivity contribution in [3.8, 4) is 5.75 Å². The summed E-state index contributed by atoms with van der Waals surface area (Å²) in [6.45, 7) is -0.0299. The topological polar surface area (TPSA) is 73.3 Å². The molecule has 0 saturated heterocycles. The Labute approximate surface area is 174 Å². The molecule has 27 heavy (non-hydrogen) atoms. The van der Waals surface area contributed by atoms with Crippen molar-refractivity contribution in [1.82, 2.24) is 9.97 Å². The monoisotopic (exact) mass is 443 g/mol. The van der Waals surface area contributed by atoms with Gasteiger partial charge >= 0.3 is 5.97 Å². The smallest absolute Gasteiger partial charge is 0.358 e. The Kier molecular flexibility index (Phi) is 6.38. The number of esters is 1. The summed E-state index contributed by atoms with van der Waals surface area (Å²) in [7, 11) is 1.61. The van der Waals surface area contributed by atoms with Crippen molar-refractivity contribution >= 4 is 62.9 Å². The number of anilines is 2. The lowest BCUT2D eigenvalue weighted by Gasteiger charge is -2.06. The molecule has 0 fully saturated rings. The van der Waals surface area contributed by atoms with Gasteiger partial charge in [-0.25, -0.2) is 14.8 Å². The molecule has 0 saturated carbocycles. The summed E-state index contributed by atoms with van der Waals surface area (Å²) in [5.41, 5.74) is 1.35. The van der Waals surface area contributed by atoms with E-state index in [1.54, 1.807) is 12.5 Å². The molecule has 1 aromatic carbocycles. The molecule has 0 radical (unpaired) electrons. The Morgan fingerprint density at radius 1 is 1.19 bits per heavy atom. The Hall–Kier alpha value is -2.06. The molecule has 0 bridgehead atoms.